The average Bonchev–Trinajstić information content (AvgIpc) is 2.68. The van der Waals surface area contributed by atoms with Crippen LogP contribution in [0.4, 0.5) is 0 Å². The maximum Gasteiger partial charge on any atom is 0.122 e. The van der Waals surface area contributed by atoms with Crippen LogP contribution in [0.5, 0.6) is 0 Å². The Morgan fingerprint density at radius 1 is 1.38 bits per heavy atom. The highest BCUT2D eigenvalue weighted by atomic mass is 16.3. The molecule has 0 saturated carbocycles. The molecule has 16 heavy (non-hydrogen) atoms. The van der Waals surface area contributed by atoms with Gasteiger partial charge in [0.2, 0.25) is 0 Å². The van der Waals surface area contributed by atoms with E-state index in [1.54, 1.807) is 0 Å². The average molecular weight is 225 g/mol. The number of aliphatic hydroxyl groups excluding tert-OH is 1. The van der Waals surface area contributed by atoms with E-state index < -0.39 is 0 Å². The van der Waals surface area contributed by atoms with Crippen molar-refractivity contribution in [1.29, 1.82) is 0 Å². The van der Waals surface area contributed by atoms with Gasteiger partial charge in [-0.2, -0.15) is 0 Å². The SMILES string of the molecule is CCCCN(CCCO)Cc1nccn1C. The predicted molar refractivity (Wildman–Crippen MR) is 65.1 cm³/mol. The van der Waals surface area contributed by atoms with Crippen molar-refractivity contribution in [1.82, 2.24) is 14.5 Å². The van der Waals surface area contributed by atoms with E-state index in [1.165, 1.54) is 12.8 Å². The quantitative estimate of drug-likeness (QED) is 0.727. The summed E-state index contributed by atoms with van der Waals surface area (Å²) in [7, 11) is 2.02. The van der Waals surface area contributed by atoms with E-state index in [4.69, 9.17) is 5.11 Å². The molecule has 1 aromatic rings. The number of imidazole rings is 1. The van der Waals surface area contributed by atoms with Crippen LogP contribution in [0.15, 0.2) is 12.4 Å². The minimum absolute atomic E-state index is 0.267. The van der Waals surface area contributed by atoms with Crippen LogP contribution >= 0.6 is 0 Å². The van der Waals surface area contributed by atoms with E-state index in [1.807, 2.05) is 19.4 Å². The fourth-order valence-electron chi connectivity index (χ4n) is 1.69. The van der Waals surface area contributed by atoms with Gasteiger partial charge in [0.05, 0.1) is 6.54 Å². The first-order valence-corrected chi connectivity index (χ1v) is 6.07. The normalized spacial score (nSPS) is 11.2. The first kappa shape index (κ1) is 13.2. The number of unbranched alkanes of at least 4 members (excludes halogenated alkanes) is 1. The van der Waals surface area contributed by atoms with Gasteiger partial charge in [0, 0.05) is 32.6 Å². The van der Waals surface area contributed by atoms with Gasteiger partial charge in [-0.15, -0.1) is 0 Å². The molecule has 1 N–H and O–H groups in total. The number of nitrogens with zero attached hydrogens (tertiary/aromatic N) is 3. The number of hydrogen-bond donors (Lipinski definition) is 1. The molecular weight excluding hydrogens is 202 g/mol. The summed E-state index contributed by atoms with van der Waals surface area (Å²) in [5, 5.41) is 8.87. The van der Waals surface area contributed by atoms with Gasteiger partial charge in [0.25, 0.3) is 0 Å². The molecule has 0 aliphatic carbocycles. The summed E-state index contributed by atoms with van der Waals surface area (Å²) >= 11 is 0. The van der Waals surface area contributed by atoms with Crippen LogP contribution in [0.3, 0.4) is 0 Å². The summed E-state index contributed by atoms with van der Waals surface area (Å²) in [6.07, 6.45) is 7.05. The Balaban J connectivity index is 2.45. The van der Waals surface area contributed by atoms with E-state index in [2.05, 4.69) is 21.4 Å². The van der Waals surface area contributed by atoms with Gasteiger partial charge in [-0.25, -0.2) is 4.98 Å². The molecule has 1 aromatic heterocycles. The molecule has 0 atom stereocenters. The lowest BCUT2D eigenvalue weighted by atomic mass is 10.3. The lowest BCUT2D eigenvalue weighted by Gasteiger charge is -2.21. The monoisotopic (exact) mass is 225 g/mol. The molecule has 4 nitrogen and oxygen atoms in total. The number of rotatable bonds is 8. The van der Waals surface area contributed by atoms with E-state index in [-0.39, 0.29) is 6.61 Å². The van der Waals surface area contributed by atoms with Gasteiger partial charge in [-0.1, -0.05) is 13.3 Å². The van der Waals surface area contributed by atoms with Crippen LogP contribution in [0.1, 0.15) is 32.0 Å². The zero-order chi connectivity index (χ0) is 11.8. The van der Waals surface area contributed by atoms with E-state index in [0.717, 1.165) is 31.9 Å². The van der Waals surface area contributed by atoms with Gasteiger partial charge in [-0.05, 0) is 19.4 Å². The summed E-state index contributed by atoms with van der Waals surface area (Å²) < 4.78 is 2.05. The van der Waals surface area contributed by atoms with Crippen molar-refractivity contribution in [2.45, 2.75) is 32.7 Å². The van der Waals surface area contributed by atoms with Crippen molar-refractivity contribution >= 4 is 0 Å². The second-order valence-corrected chi connectivity index (χ2v) is 4.16. The van der Waals surface area contributed by atoms with Crippen molar-refractivity contribution in [3.05, 3.63) is 18.2 Å². The summed E-state index contributed by atoms with van der Waals surface area (Å²) in [5.41, 5.74) is 0. The van der Waals surface area contributed by atoms with Gasteiger partial charge >= 0.3 is 0 Å². The fourth-order valence-corrected chi connectivity index (χ4v) is 1.69. The Morgan fingerprint density at radius 3 is 2.69 bits per heavy atom. The van der Waals surface area contributed by atoms with E-state index in [0.29, 0.717) is 0 Å². The van der Waals surface area contributed by atoms with Crippen LogP contribution in [0.2, 0.25) is 0 Å². The van der Waals surface area contributed by atoms with Gasteiger partial charge < -0.3 is 9.67 Å². The third-order valence-electron chi connectivity index (χ3n) is 2.75. The highest BCUT2D eigenvalue weighted by molar-refractivity contribution is 4.90. The molecule has 0 aliphatic heterocycles. The molecule has 1 rings (SSSR count). The Hall–Kier alpha value is -0.870. The molecule has 0 fully saturated rings. The Kier molecular flexibility index (Phi) is 6.11. The van der Waals surface area contributed by atoms with Gasteiger partial charge in [0.15, 0.2) is 0 Å². The lowest BCUT2D eigenvalue weighted by molar-refractivity contribution is 0.211. The molecule has 92 valence electrons. The molecule has 0 spiro atoms. The lowest BCUT2D eigenvalue weighted by Crippen LogP contribution is -2.27. The fraction of sp³-hybridized carbons (Fsp3) is 0.750. The van der Waals surface area contributed by atoms with Crippen LogP contribution < -0.4 is 0 Å². The minimum atomic E-state index is 0.267. The maximum atomic E-state index is 8.87. The molecule has 0 bridgehead atoms. The topological polar surface area (TPSA) is 41.3 Å². The number of aromatic nitrogens is 2. The maximum absolute atomic E-state index is 8.87. The summed E-state index contributed by atoms with van der Waals surface area (Å²) in [5.74, 6) is 1.09. The molecule has 0 saturated heterocycles. The zero-order valence-corrected chi connectivity index (χ0v) is 10.4. The van der Waals surface area contributed by atoms with Gasteiger partial charge in [-0.3, -0.25) is 4.90 Å². The molecule has 0 amide bonds. The van der Waals surface area contributed by atoms with E-state index in [9.17, 15) is 0 Å². The highest BCUT2D eigenvalue weighted by Crippen LogP contribution is 2.04. The third-order valence-corrected chi connectivity index (χ3v) is 2.75. The Labute approximate surface area is 97.9 Å². The van der Waals surface area contributed by atoms with Crippen molar-refractivity contribution in [3.63, 3.8) is 0 Å². The first-order valence-electron chi connectivity index (χ1n) is 6.07. The third kappa shape index (κ3) is 4.33. The van der Waals surface area contributed by atoms with Crippen LogP contribution in [-0.2, 0) is 13.6 Å². The minimum Gasteiger partial charge on any atom is -0.396 e. The smallest absolute Gasteiger partial charge is 0.122 e. The van der Waals surface area contributed by atoms with Crippen LogP contribution in [-0.4, -0.2) is 39.3 Å². The molecule has 0 radical (unpaired) electrons. The Morgan fingerprint density at radius 2 is 2.12 bits per heavy atom. The van der Waals surface area contributed by atoms with Crippen molar-refractivity contribution < 1.29 is 5.11 Å². The largest absolute Gasteiger partial charge is 0.396 e. The molecular formula is C12H23N3O. The zero-order valence-electron chi connectivity index (χ0n) is 10.4. The Bertz CT molecular complexity index is 278. The van der Waals surface area contributed by atoms with Crippen molar-refractivity contribution in [2.24, 2.45) is 7.05 Å². The predicted octanol–water partition coefficient (Wildman–Crippen LogP) is 1.40. The van der Waals surface area contributed by atoms with Gasteiger partial charge in [0.1, 0.15) is 5.82 Å². The summed E-state index contributed by atoms with van der Waals surface area (Å²) in [4.78, 5) is 6.69. The first-order chi connectivity index (χ1) is 7.77. The summed E-state index contributed by atoms with van der Waals surface area (Å²) in [6, 6.07) is 0. The van der Waals surface area contributed by atoms with Crippen molar-refractivity contribution in [3.8, 4) is 0 Å². The second-order valence-electron chi connectivity index (χ2n) is 4.16. The van der Waals surface area contributed by atoms with Crippen molar-refractivity contribution in [2.75, 3.05) is 19.7 Å². The molecule has 4 heteroatoms. The highest BCUT2D eigenvalue weighted by Gasteiger charge is 2.07. The standard InChI is InChI=1S/C12H23N3O/c1-3-4-7-15(8-5-10-16)11-12-13-6-9-14(12)2/h6,9,16H,3-5,7-8,10-11H2,1-2H3. The molecule has 0 aliphatic rings. The molecule has 1 heterocycles. The van der Waals surface area contributed by atoms with Crippen LogP contribution in [0.25, 0.3) is 0 Å². The molecule has 0 aromatic carbocycles. The second kappa shape index (κ2) is 7.41. The number of aliphatic hydroxyl groups is 1. The van der Waals surface area contributed by atoms with E-state index >= 15 is 0 Å². The molecule has 0 unspecified atom stereocenters. The number of aryl methyl sites for hydroxylation is 1. The number of hydrogen-bond acceptors (Lipinski definition) is 3. The van der Waals surface area contributed by atoms with Crippen LogP contribution in [0, 0.1) is 0 Å². The summed E-state index contributed by atoms with van der Waals surface area (Å²) in [6.45, 7) is 5.38.